The summed E-state index contributed by atoms with van der Waals surface area (Å²) in [5.41, 5.74) is 3.42. The molecule has 2 aromatic carbocycles. The summed E-state index contributed by atoms with van der Waals surface area (Å²) >= 11 is 0. The minimum Gasteiger partial charge on any atom is -0.483 e. The van der Waals surface area contributed by atoms with Gasteiger partial charge < -0.3 is 15.0 Å². The van der Waals surface area contributed by atoms with Gasteiger partial charge in [0.05, 0.1) is 0 Å². The van der Waals surface area contributed by atoms with Gasteiger partial charge in [-0.05, 0) is 63.4 Å². The third-order valence-electron chi connectivity index (χ3n) is 4.93. The molecule has 29 heavy (non-hydrogen) atoms. The SMILES string of the molecule is CCNC(=O)[C@@H](C)N(Cc1ccccc1F)C(=O)COc1cc(C)cc(C)c1C. The topological polar surface area (TPSA) is 58.6 Å². The Morgan fingerprint density at radius 2 is 1.86 bits per heavy atom. The van der Waals surface area contributed by atoms with E-state index < -0.39 is 11.9 Å². The second kappa shape index (κ2) is 10.0. The van der Waals surface area contributed by atoms with Crippen molar-refractivity contribution in [3.8, 4) is 5.75 Å². The number of aryl methyl sites for hydroxylation is 2. The molecule has 0 aliphatic heterocycles. The molecule has 0 spiro atoms. The Morgan fingerprint density at radius 1 is 1.17 bits per heavy atom. The van der Waals surface area contributed by atoms with Crippen molar-refractivity contribution in [2.45, 2.75) is 47.2 Å². The molecule has 156 valence electrons. The van der Waals surface area contributed by atoms with Crippen LogP contribution in [-0.4, -0.2) is 35.9 Å². The number of amides is 2. The zero-order chi connectivity index (χ0) is 21.6. The number of nitrogens with one attached hydrogen (secondary N) is 1. The van der Waals surface area contributed by atoms with Crippen molar-refractivity contribution >= 4 is 11.8 Å². The maximum atomic E-state index is 14.1. The number of rotatable bonds is 8. The molecule has 0 aliphatic carbocycles. The fourth-order valence-electron chi connectivity index (χ4n) is 3.09. The van der Waals surface area contributed by atoms with Gasteiger partial charge in [-0.3, -0.25) is 9.59 Å². The highest BCUT2D eigenvalue weighted by atomic mass is 19.1. The lowest BCUT2D eigenvalue weighted by Crippen LogP contribution is -2.49. The van der Waals surface area contributed by atoms with E-state index in [0.717, 1.165) is 16.7 Å². The van der Waals surface area contributed by atoms with E-state index in [0.29, 0.717) is 17.9 Å². The van der Waals surface area contributed by atoms with Crippen molar-refractivity contribution in [2.75, 3.05) is 13.2 Å². The number of benzene rings is 2. The van der Waals surface area contributed by atoms with Crippen LogP contribution in [0.25, 0.3) is 0 Å². The van der Waals surface area contributed by atoms with Gasteiger partial charge in [-0.15, -0.1) is 0 Å². The molecule has 0 aliphatic rings. The number of carbonyl (C=O) groups excluding carboxylic acids is 2. The summed E-state index contributed by atoms with van der Waals surface area (Å²) in [7, 11) is 0. The first-order valence-electron chi connectivity index (χ1n) is 9.75. The van der Waals surface area contributed by atoms with E-state index >= 15 is 0 Å². The van der Waals surface area contributed by atoms with Gasteiger partial charge in [0.2, 0.25) is 5.91 Å². The molecule has 0 heterocycles. The fourth-order valence-corrected chi connectivity index (χ4v) is 3.09. The monoisotopic (exact) mass is 400 g/mol. The van der Waals surface area contributed by atoms with Crippen LogP contribution in [0.4, 0.5) is 4.39 Å². The average molecular weight is 400 g/mol. The van der Waals surface area contributed by atoms with Crippen LogP contribution in [0.5, 0.6) is 5.75 Å². The highest BCUT2D eigenvalue weighted by Crippen LogP contribution is 2.23. The second-order valence-corrected chi connectivity index (χ2v) is 7.18. The number of carbonyl (C=O) groups is 2. The molecule has 2 aromatic rings. The molecule has 0 unspecified atom stereocenters. The molecular weight excluding hydrogens is 371 g/mol. The van der Waals surface area contributed by atoms with Gasteiger partial charge in [0.15, 0.2) is 6.61 Å². The molecule has 1 N–H and O–H groups in total. The van der Waals surface area contributed by atoms with E-state index in [1.54, 1.807) is 32.0 Å². The Bertz CT molecular complexity index is 882. The molecular formula is C23H29FN2O3. The Morgan fingerprint density at radius 3 is 2.52 bits per heavy atom. The zero-order valence-electron chi connectivity index (χ0n) is 17.7. The van der Waals surface area contributed by atoms with Crippen molar-refractivity contribution in [3.63, 3.8) is 0 Å². The number of ether oxygens (including phenoxy) is 1. The molecule has 5 nitrogen and oxygen atoms in total. The van der Waals surface area contributed by atoms with Gasteiger partial charge in [0.25, 0.3) is 5.91 Å². The Kier molecular flexibility index (Phi) is 7.76. The van der Waals surface area contributed by atoms with Crippen molar-refractivity contribution in [1.82, 2.24) is 10.2 Å². The number of hydrogen-bond acceptors (Lipinski definition) is 3. The van der Waals surface area contributed by atoms with Gasteiger partial charge in [-0.1, -0.05) is 24.3 Å². The summed E-state index contributed by atoms with van der Waals surface area (Å²) in [6.07, 6.45) is 0. The lowest BCUT2D eigenvalue weighted by molar-refractivity contribution is -0.142. The van der Waals surface area contributed by atoms with E-state index in [4.69, 9.17) is 4.74 Å². The van der Waals surface area contributed by atoms with Crippen LogP contribution >= 0.6 is 0 Å². The summed E-state index contributed by atoms with van der Waals surface area (Å²) in [5.74, 6) is -0.461. The maximum absolute atomic E-state index is 14.1. The van der Waals surface area contributed by atoms with Gasteiger partial charge in [0.1, 0.15) is 17.6 Å². The van der Waals surface area contributed by atoms with Crippen molar-refractivity contribution in [3.05, 3.63) is 64.5 Å². The summed E-state index contributed by atoms with van der Waals surface area (Å²) in [6.45, 7) is 9.51. The van der Waals surface area contributed by atoms with Crippen LogP contribution in [0.1, 0.15) is 36.1 Å². The number of likely N-dealkylation sites (N-methyl/N-ethyl adjacent to an activating group) is 1. The number of hydrogen-bond donors (Lipinski definition) is 1. The highest BCUT2D eigenvalue weighted by Gasteiger charge is 2.27. The van der Waals surface area contributed by atoms with E-state index in [9.17, 15) is 14.0 Å². The molecule has 0 fully saturated rings. The van der Waals surface area contributed by atoms with E-state index in [1.807, 2.05) is 32.9 Å². The van der Waals surface area contributed by atoms with E-state index in [-0.39, 0.29) is 25.0 Å². The summed E-state index contributed by atoms with van der Waals surface area (Å²) in [6, 6.07) is 9.40. The van der Waals surface area contributed by atoms with E-state index in [2.05, 4.69) is 5.32 Å². The lowest BCUT2D eigenvalue weighted by atomic mass is 10.1. The fraction of sp³-hybridized carbons (Fsp3) is 0.391. The van der Waals surface area contributed by atoms with Gasteiger partial charge >= 0.3 is 0 Å². The minimum atomic E-state index is -0.758. The van der Waals surface area contributed by atoms with Crippen molar-refractivity contribution in [2.24, 2.45) is 0 Å². The quantitative estimate of drug-likeness (QED) is 0.735. The molecule has 6 heteroatoms. The third kappa shape index (κ3) is 5.79. The molecule has 2 amide bonds. The van der Waals surface area contributed by atoms with Crippen molar-refractivity contribution in [1.29, 1.82) is 0 Å². The largest absolute Gasteiger partial charge is 0.483 e. The van der Waals surface area contributed by atoms with Crippen LogP contribution in [0, 0.1) is 26.6 Å². The Hall–Kier alpha value is -2.89. The zero-order valence-corrected chi connectivity index (χ0v) is 17.7. The van der Waals surface area contributed by atoms with Crippen LogP contribution in [-0.2, 0) is 16.1 Å². The summed E-state index contributed by atoms with van der Waals surface area (Å²) in [5, 5.41) is 2.71. The second-order valence-electron chi connectivity index (χ2n) is 7.18. The predicted octanol–water partition coefficient (Wildman–Crippen LogP) is 3.68. The summed E-state index contributed by atoms with van der Waals surface area (Å²) < 4.78 is 19.9. The first-order chi connectivity index (χ1) is 13.7. The molecule has 0 aromatic heterocycles. The molecule has 1 atom stereocenters. The average Bonchev–Trinajstić information content (AvgIpc) is 2.68. The van der Waals surface area contributed by atoms with Crippen LogP contribution in [0.3, 0.4) is 0 Å². The number of halogens is 1. The molecule has 0 saturated carbocycles. The first-order valence-corrected chi connectivity index (χ1v) is 9.75. The van der Waals surface area contributed by atoms with E-state index in [1.165, 1.54) is 11.0 Å². The Labute approximate surface area is 171 Å². The predicted molar refractivity (Wildman–Crippen MR) is 111 cm³/mol. The van der Waals surface area contributed by atoms with Crippen molar-refractivity contribution < 1.29 is 18.7 Å². The van der Waals surface area contributed by atoms with Crippen LogP contribution in [0.15, 0.2) is 36.4 Å². The smallest absolute Gasteiger partial charge is 0.261 e. The van der Waals surface area contributed by atoms with Crippen LogP contribution < -0.4 is 10.1 Å². The molecule has 0 bridgehead atoms. The van der Waals surface area contributed by atoms with Crippen LogP contribution in [0.2, 0.25) is 0 Å². The minimum absolute atomic E-state index is 0.0149. The highest BCUT2D eigenvalue weighted by molar-refractivity contribution is 5.87. The Balaban J connectivity index is 2.22. The molecule has 0 radical (unpaired) electrons. The normalized spacial score (nSPS) is 11.7. The standard InChI is InChI=1S/C23H29FN2O3/c1-6-25-23(28)18(5)26(13-19-9-7-8-10-20(19)24)22(27)14-29-21-12-15(2)11-16(3)17(21)4/h7-12,18H,6,13-14H2,1-5H3,(H,25,28)/t18-/m1/s1. The van der Waals surface area contributed by atoms with Gasteiger partial charge in [-0.25, -0.2) is 4.39 Å². The third-order valence-corrected chi connectivity index (χ3v) is 4.93. The van der Waals surface area contributed by atoms with Gasteiger partial charge in [-0.2, -0.15) is 0 Å². The summed E-state index contributed by atoms with van der Waals surface area (Å²) in [4.78, 5) is 26.7. The van der Waals surface area contributed by atoms with Gasteiger partial charge in [0, 0.05) is 18.7 Å². The maximum Gasteiger partial charge on any atom is 0.261 e. The molecule has 0 saturated heterocycles. The molecule has 2 rings (SSSR count). The first kappa shape index (κ1) is 22.4. The lowest BCUT2D eigenvalue weighted by Gasteiger charge is -2.29. The number of nitrogens with zero attached hydrogens (tertiary/aromatic N) is 1.